The van der Waals surface area contributed by atoms with Crippen molar-refractivity contribution in [2.75, 3.05) is 20.3 Å². The number of hydrogen-bond acceptors (Lipinski definition) is 3. The van der Waals surface area contributed by atoms with Gasteiger partial charge in [-0.25, -0.2) is 4.68 Å². The van der Waals surface area contributed by atoms with E-state index in [-0.39, 0.29) is 0 Å². The Bertz CT molecular complexity index is 532. The number of nitrogens with one attached hydrogen (secondary N) is 1. The van der Waals surface area contributed by atoms with Gasteiger partial charge in [0.25, 0.3) is 0 Å². The van der Waals surface area contributed by atoms with Gasteiger partial charge in [-0.1, -0.05) is 18.2 Å². The average molecular weight is 271 g/mol. The van der Waals surface area contributed by atoms with Crippen LogP contribution in [0, 0.1) is 5.92 Å². The normalized spacial score (nSPS) is 20.1. The number of nitrogens with zero attached hydrogens (tertiary/aromatic N) is 2. The van der Waals surface area contributed by atoms with Crippen LogP contribution in [0.1, 0.15) is 24.6 Å². The number of rotatable bonds is 5. The topological polar surface area (TPSA) is 39.1 Å². The van der Waals surface area contributed by atoms with E-state index in [1.807, 2.05) is 36.1 Å². The van der Waals surface area contributed by atoms with Gasteiger partial charge in [0.05, 0.1) is 11.4 Å². The molecule has 0 saturated carbocycles. The van der Waals surface area contributed by atoms with Crippen molar-refractivity contribution in [2.45, 2.75) is 18.9 Å². The van der Waals surface area contributed by atoms with Crippen molar-refractivity contribution < 1.29 is 4.74 Å². The highest BCUT2D eigenvalue weighted by molar-refractivity contribution is 5.33. The zero-order valence-corrected chi connectivity index (χ0v) is 11.8. The van der Waals surface area contributed by atoms with Gasteiger partial charge in [0, 0.05) is 25.5 Å². The second-order valence-electron chi connectivity index (χ2n) is 5.31. The second kappa shape index (κ2) is 6.20. The third-order valence-corrected chi connectivity index (χ3v) is 3.97. The Morgan fingerprint density at radius 2 is 2.20 bits per heavy atom. The largest absolute Gasteiger partial charge is 0.381 e. The Morgan fingerprint density at radius 1 is 1.35 bits per heavy atom. The fraction of sp³-hybridized carbons (Fsp3) is 0.438. The first-order valence-electron chi connectivity index (χ1n) is 7.23. The maximum atomic E-state index is 5.48. The SMILES string of the molecule is CNC(CC1CCOC1)c1ccnn1-c1ccccc1. The molecule has 1 aliphatic heterocycles. The smallest absolute Gasteiger partial charge is 0.0649 e. The summed E-state index contributed by atoms with van der Waals surface area (Å²) in [6.07, 6.45) is 4.13. The maximum absolute atomic E-state index is 5.48. The van der Waals surface area contributed by atoms with E-state index in [0.717, 1.165) is 31.7 Å². The van der Waals surface area contributed by atoms with Gasteiger partial charge in [0.1, 0.15) is 0 Å². The summed E-state index contributed by atoms with van der Waals surface area (Å²) in [6, 6.07) is 12.7. The van der Waals surface area contributed by atoms with Crippen LogP contribution in [-0.2, 0) is 4.74 Å². The summed E-state index contributed by atoms with van der Waals surface area (Å²) in [5, 5.41) is 7.90. The van der Waals surface area contributed by atoms with Crippen LogP contribution in [0.5, 0.6) is 0 Å². The lowest BCUT2D eigenvalue weighted by molar-refractivity contribution is 0.181. The Kier molecular flexibility index (Phi) is 4.14. The van der Waals surface area contributed by atoms with Crippen molar-refractivity contribution in [2.24, 2.45) is 5.92 Å². The third-order valence-electron chi connectivity index (χ3n) is 3.97. The van der Waals surface area contributed by atoms with E-state index in [2.05, 4.69) is 28.6 Å². The standard InChI is InChI=1S/C16H21N3O/c1-17-15(11-13-8-10-20-12-13)16-7-9-18-19(16)14-5-3-2-4-6-14/h2-7,9,13,15,17H,8,10-12H2,1H3. The van der Waals surface area contributed by atoms with E-state index >= 15 is 0 Å². The Morgan fingerprint density at radius 3 is 2.90 bits per heavy atom. The molecule has 1 aliphatic rings. The molecular formula is C16H21N3O. The molecule has 2 atom stereocenters. The van der Waals surface area contributed by atoms with E-state index in [4.69, 9.17) is 4.74 Å². The molecule has 4 heteroatoms. The van der Waals surface area contributed by atoms with Gasteiger partial charge in [-0.3, -0.25) is 0 Å². The Hall–Kier alpha value is -1.65. The molecule has 2 heterocycles. The summed E-state index contributed by atoms with van der Waals surface area (Å²) >= 11 is 0. The molecule has 106 valence electrons. The summed E-state index contributed by atoms with van der Waals surface area (Å²) in [6.45, 7) is 1.79. The predicted molar refractivity (Wildman–Crippen MR) is 78.9 cm³/mol. The Labute approximate surface area is 119 Å². The maximum Gasteiger partial charge on any atom is 0.0649 e. The molecule has 3 rings (SSSR count). The molecular weight excluding hydrogens is 250 g/mol. The molecule has 0 amide bonds. The van der Waals surface area contributed by atoms with E-state index in [9.17, 15) is 0 Å². The van der Waals surface area contributed by atoms with E-state index in [0.29, 0.717) is 12.0 Å². The average Bonchev–Trinajstić information content (AvgIpc) is 3.17. The first kappa shape index (κ1) is 13.3. The minimum atomic E-state index is 0.310. The molecule has 1 aromatic heterocycles. The minimum Gasteiger partial charge on any atom is -0.381 e. The highest BCUT2D eigenvalue weighted by Crippen LogP contribution is 2.27. The van der Waals surface area contributed by atoms with Crippen molar-refractivity contribution in [1.82, 2.24) is 15.1 Å². The number of aromatic nitrogens is 2. The van der Waals surface area contributed by atoms with Crippen molar-refractivity contribution in [3.05, 3.63) is 48.3 Å². The fourth-order valence-corrected chi connectivity index (χ4v) is 2.85. The highest BCUT2D eigenvalue weighted by Gasteiger charge is 2.23. The molecule has 1 aromatic carbocycles. The van der Waals surface area contributed by atoms with Crippen LogP contribution in [0.4, 0.5) is 0 Å². The van der Waals surface area contributed by atoms with Gasteiger partial charge in [-0.15, -0.1) is 0 Å². The van der Waals surface area contributed by atoms with Crippen LogP contribution in [0.25, 0.3) is 5.69 Å². The van der Waals surface area contributed by atoms with Gasteiger partial charge in [0.2, 0.25) is 0 Å². The number of ether oxygens (including phenoxy) is 1. The molecule has 2 aromatic rings. The quantitative estimate of drug-likeness (QED) is 0.908. The van der Waals surface area contributed by atoms with E-state index in [1.165, 1.54) is 5.69 Å². The van der Waals surface area contributed by atoms with Gasteiger partial charge in [-0.2, -0.15) is 5.10 Å². The minimum absolute atomic E-state index is 0.310. The lowest BCUT2D eigenvalue weighted by atomic mass is 9.97. The van der Waals surface area contributed by atoms with Crippen LogP contribution >= 0.6 is 0 Å². The zero-order valence-electron chi connectivity index (χ0n) is 11.8. The third kappa shape index (κ3) is 2.76. The van der Waals surface area contributed by atoms with E-state index in [1.54, 1.807) is 0 Å². The first-order chi connectivity index (χ1) is 9.88. The molecule has 1 fully saturated rings. The molecule has 0 bridgehead atoms. The highest BCUT2D eigenvalue weighted by atomic mass is 16.5. The van der Waals surface area contributed by atoms with Crippen LogP contribution in [0.2, 0.25) is 0 Å². The molecule has 0 spiro atoms. The molecule has 4 nitrogen and oxygen atoms in total. The van der Waals surface area contributed by atoms with Gasteiger partial charge < -0.3 is 10.1 Å². The molecule has 0 aliphatic carbocycles. The summed E-state index contributed by atoms with van der Waals surface area (Å²) in [4.78, 5) is 0. The fourth-order valence-electron chi connectivity index (χ4n) is 2.85. The van der Waals surface area contributed by atoms with Gasteiger partial charge in [-0.05, 0) is 44.0 Å². The molecule has 1 saturated heterocycles. The lowest BCUT2D eigenvalue weighted by Crippen LogP contribution is -2.23. The van der Waals surface area contributed by atoms with Gasteiger partial charge >= 0.3 is 0 Å². The predicted octanol–water partition coefficient (Wildman–Crippen LogP) is 2.56. The molecule has 1 N–H and O–H groups in total. The van der Waals surface area contributed by atoms with Crippen LogP contribution in [0.15, 0.2) is 42.6 Å². The van der Waals surface area contributed by atoms with Crippen LogP contribution in [-0.4, -0.2) is 30.0 Å². The second-order valence-corrected chi connectivity index (χ2v) is 5.31. The summed E-state index contributed by atoms with van der Waals surface area (Å²) in [5.41, 5.74) is 2.32. The number of benzene rings is 1. The van der Waals surface area contributed by atoms with Crippen LogP contribution in [0.3, 0.4) is 0 Å². The monoisotopic (exact) mass is 271 g/mol. The van der Waals surface area contributed by atoms with E-state index < -0.39 is 0 Å². The first-order valence-corrected chi connectivity index (χ1v) is 7.23. The lowest BCUT2D eigenvalue weighted by Gasteiger charge is -2.20. The van der Waals surface area contributed by atoms with Crippen molar-refractivity contribution in [3.8, 4) is 5.69 Å². The molecule has 20 heavy (non-hydrogen) atoms. The summed E-state index contributed by atoms with van der Waals surface area (Å²) in [7, 11) is 2.02. The van der Waals surface area contributed by atoms with Crippen molar-refractivity contribution >= 4 is 0 Å². The number of hydrogen-bond donors (Lipinski definition) is 1. The molecule has 0 radical (unpaired) electrons. The summed E-state index contributed by atoms with van der Waals surface area (Å²) < 4.78 is 7.51. The van der Waals surface area contributed by atoms with Crippen molar-refractivity contribution in [1.29, 1.82) is 0 Å². The summed E-state index contributed by atoms with van der Waals surface area (Å²) in [5.74, 6) is 0.645. The zero-order chi connectivity index (χ0) is 13.8. The van der Waals surface area contributed by atoms with Crippen LogP contribution < -0.4 is 5.32 Å². The number of para-hydroxylation sites is 1. The van der Waals surface area contributed by atoms with Crippen molar-refractivity contribution in [3.63, 3.8) is 0 Å². The molecule has 2 unspecified atom stereocenters. The Balaban J connectivity index is 1.83. The van der Waals surface area contributed by atoms with Gasteiger partial charge in [0.15, 0.2) is 0 Å².